The Morgan fingerprint density at radius 1 is 1.00 bits per heavy atom. The molecule has 0 aromatic rings. The highest BCUT2D eigenvalue weighted by atomic mass is 16.6. The molecule has 7 atom stereocenters. The van der Waals surface area contributed by atoms with E-state index >= 15 is 0 Å². The Morgan fingerprint density at radius 3 is 2.26 bits per heavy atom. The SMILES string of the molecule is CC1OC2CC(C(=O)OCCCCOC(=O)C3CCC4(C)OC4C3)CCC12. The van der Waals surface area contributed by atoms with Crippen LogP contribution in [0.1, 0.15) is 65.2 Å². The quantitative estimate of drug-likeness (QED) is 0.384. The average Bonchev–Trinajstić information content (AvgIpc) is 3.33. The Bertz CT molecular complexity index is 577. The van der Waals surface area contributed by atoms with Crippen LogP contribution in [0, 0.1) is 17.8 Å². The van der Waals surface area contributed by atoms with Crippen LogP contribution in [0.3, 0.4) is 0 Å². The van der Waals surface area contributed by atoms with Gasteiger partial charge in [0.15, 0.2) is 0 Å². The van der Waals surface area contributed by atoms with Crippen molar-refractivity contribution in [2.24, 2.45) is 17.8 Å². The fraction of sp³-hybridized carbons (Fsp3) is 0.905. The van der Waals surface area contributed by atoms with E-state index in [-0.39, 0.29) is 41.6 Å². The van der Waals surface area contributed by atoms with Crippen molar-refractivity contribution in [1.29, 1.82) is 0 Å². The number of epoxide rings is 1. The number of ether oxygens (including phenoxy) is 4. The molecule has 4 rings (SSSR count). The van der Waals surface area contributed by atoms with Crippen LogP contribution in [-0.4, -0.2) is 49.1 Å². The molecule has 7 unspecified atom stereocenters. The van der Waals surface area contributed by atoms with Gasteiger partial charge in [0.2, 0.25) is 0 Å². The number of carbonyl (C=O) groups is 2. The van der Waals surface area contributed by atoms with Crippen LogP contribution < -0.4 is 0 Å². The van der Waals surface area contributed by atoms with E-state index in [1.807, 2.05) is 0 Å². The van der Waals surface area contributed by atoms with Gasteiger partial charge in [-0.1, -0.05) is 0 Å². The predicted molar refractivity (Wildman–Crippen MR) is 96.9 cm³/mol. The van der Waals surface area contributed by atoms with Crippen molar-refractivity contribution < 1.29 is 28.5 Å². The molecule has 0 aromatic carbocycles. The molecule has 27 heavy (non-hydrogen) atoms. The molecule has 2 aliphatic carbocycles. The van der Waals surface area contributed by atoms with E-state index in [1.165, 1.54) is 0 Å². The lowest BCUT2D eigenvalue weighted by Gasteiger charge is -2.48. The highest BCUT2D eigenvalue weighted by molar-refractivity contribution is 5.73. The summed E-state index contributed by atoms with van der Waals surface area (Å²) in [6.07, 6.45) is 7.66. The van der Waals surface area contributed by atoms with Gasteiger partial charge in [-0.25, -0.2) is 0 Å². The number of hydrogen-bond acceptors (Lipinski definition) is 6. The maximum Gasteiger partial charge on any atom is 0.309 e. The lowest BCUT2D eigenvalue weighted by atomic mass is 9.74. The van der Waals surface area contributed by atoms with E-state index in [0.29, 0.717) is 25.2 Å². The van der Waals surface area contributed by atoms with Gasteiger partial charge in [0.25, 0.3) is 0 Å². The second-order valence-corrected chi connectivity index (χ2v) is 8.99. The summed E-state index contributed by atoms with van der Waals surface area (Å²) in [6, 6.07) is 0. The molecule has 4 fully saturated rings. The Morgan fingerprint density at radius 2 is 1.67 bits per heavy atom. The second-order valence-electron chi connectivity index (χ2n) is 8.99. The van der Waals surface area contributed by atoms with Crippen LogP contribution in [0.4, 0.5) is 0 Å². The van der Waals surface area contributed by atoms with Crippen molar-refractivity contribution in [1.82, 2.24) is 0 Å². The smallest absolute Gasteiger partial charge is 0.309 e. The third-order valence-electron chi connectivity index (χ3n) is 7.05. The van der Waals surface area contributed by atoms with E-state index in [9.17, 15) is 9.59 Å². The van der Waals surface area contributed by atoms with E-state index in [1.54, 1.807) is 0 Å². The maximum atomic E-state index is 12.2. The van der Waals surface area contributed by atoms with Crippen LogP contribution >= 0.6 is 0 Å². The van der Waals surface area contributed by atoms with Crippen molar-refractivity contribution in [3.8, 4) is 0 Å². The van der Waals surface area contributed by atoms with Crippen LogP contribution in [0.5, 0.6) is 0 Å². The average molecular weight is 380 g/mol. The third kappa shape index (κ3) is 4.16. The summed E-state index contributed by atoms with van der Waals surface area (Å²) in [5.41, 5.74) is 0.0307. The second kappa shape index (κ2) is 7.70. The first-order chi connectivity index (χ1) is 13.0. The molecule has 0 aromatic heterocycles. The number of hydrogen-bond donors (Lipinski definition) is 0. The topological polar surface area (TPSA) is 74.4 Å². The fourth-order valence-electron chi connectivity index (χ4n) is 4.99. The fourth-order valence-corrected chi connectivity index (χ4v) is 4.99. The molecule has 152 valence electrons. The van der Waals surface area contributed by atoms with Crippen LogP contribution in [0.2, 0.25) is 0 Å². The first-order valence-electron chi connectivity index (χ1n) is 10.6. The van der Waals surface area contributed by atoms with Gasteiger partial charge in [-0.05, 0) is 65.2 Å². The van der Waals surface area contributed by atoms with Crippen molar-refractivity contribution in [3.63, 3.8) is 0 Å². The predicted octanol–water partition coefficient (Wildman–Crippen LogP) is 3.01. The van der Waals surface area contributed by atoms with Crippen molar-refractivity contribution >= 4 is 11.9 Å². The minimum Gasteiger partial charge on any atom is -0.465 e. The highest BCUT2D eigenvalue weighted by Crippen LogP contribution is 2.49. The van der Waals surface area contributed by atoms with E-state index < -0.39 is 0 Å². The molecule has 0 radical (unpaired) electrons. The standard InChI is InChI=1S/C21H32O6/c1-13-16-6-5-14(11-17(16)26-13)19(22)24-9-3-4-10-25-20(23)15-7-8-21(2)18(12-15)27-21/h13-18H,3-12H2,1-2H3. The van der Waals surface area contributed by atoms with Gasteiger partial charge in [0.05, 0.1) is 49.0 Å². The van der Waals surface area contributed by atoms with Gasteiger partial charge < -0.3 is 18.9 Å². The minimum absolute atomic E-state index is 0.0155. The van der Waals surface area contributed by atoms with Gasteiger partial charge >= 0.3 is 11.9 Å². The molecular formula is C21H32O6. The van der Waals surface area contributed by atoms with Crippen molar-refractivity contribution in [3.05, 3.63) is 0 Å². The zero-order valence-corrected chi connectivity index (χ0v) is 16.5. The molecule has 6 heteroatoms. The number of esters is 2. The summed E-state index contributed by atoms with van der Waals surface area (Å²) in [7, 11) is 0. The van der Waals surface area contributed by atoms with Gasteiger partial charge in [0, 0.05) is 5.92 Å². The first kappa shape index (κ1) is 19.2. The summed E-state index contributed by atoms with van der Waals surface area (Å²) in [6.45, 7) is 5.02. The lowest BCUT2D eigenvalue weighted by molar-refractivity contribution is -0.203. The molecule has 0 N–H and O–H groups in total. The maximum absolute atomic E-state index is 12.2. The van der Waals surface area contributed by atoms with Gasteiger partial charge in [-0.3, -0.25) is 9.59 Å². The molecule has 2 heterocycles. The van der Waals surface area contributed by atoms with Crippen molar-refractivity contribution in [2.75, 3.05) is 13.2 Å². The Balaban J connectivity index is 1.04. The molecule has 4 aliphatic rings. The molecule has 2 aliphatic heterocycles. The number of unbranched alkanes of at least 4 members (excludes halogenated alkanes) is 1. The van der Waals surface area contributed by atoms with E-state index in [0.717, 1.165) is 51.4 Å². The van der Waals surface area contributed by atoms with Crippen LogP contribution in [-0.2, 0) is 28.5 Å². The van der Waals surface area contributed by atoms with E-state index in [4.69, 9.17) is 18.9 Å². The molecule has 0 spiro atoms. The summed E-state index contributed by atoms with van der Waals surface area (Å²) in [4.78, 5) is 24.3. The summed E-state index contributed by atoms with van der Waals surface area (Å²) in [5.74, 6) is 0.403. The zero-order valence-electron chi connectivity index (χ0n) is 16.5. The number of fused-ring (bicyclic) bond motifs is 2. The van der Waals surface area contributed by atoms with Crippen LogP contribution in [0.25, 0.3) is 0 Å². The molecule has 6 nitrogen and oxygen atoms in total. The number of rotatable bonds is 7. The third-order valence-corrected chi connectivity index (χ3v) is 7.05. The first-order valence-corrected chi connectivity index (χ1v) is 10.6. The summed E-state index contributed by atoms with van der Waals surface area (Å²) in [5, 5.41) is 0. The van der Waals surface area contributed by atoms with Gasteiger partial charge in [-0.15, -0.1) is 0 Å². The summed E-state index contributed by atoms with van der Waals surface area (Å²) >= 11 is 0. The highest BCUT2D eigenvalue weighted by Gasteiger charge is 2.56. The van der Waals surface area contributed by atoms with Crippen LogP contribution in [0.15, 0.2) is 0 Å². The minimum atomic E-state index is -0.101. The molecule has 2 saturated heterocycles. The zero-order chi connectivity index (χ0) is 19.0. The lowest BCUT2D eigenvalue weighted by Crippen LogP contribution is -2.51. The summed E-state index contributed by atoms with van der Waals surface area (Å²) < 4.78 is 22.2. The Kier molecular flexibility index (Phi) is 5.48. The Hall–Kier alpha value is -1.14. The number of carbonyl (C=O) groups excluding carboxylic acids is 2. The van der Waals surface area contributed by atoms with Crippen molar-refractivity contribution in [2.45, 2.75) is 89.1 Å². The molecule has 0 bridgehead atoms. The molecule has 0 amide bonds. The van der Waals surface area contributed by atoms with Gasteiger partial charge in [-0.2, -0.15) is 0 Å². The monoisotopic (exact) mass is 380 g/mol. The Labute approximate surface area is 161 Å². The molecular weight excluding hydrogens is 348 g/mol. The largest absolute Gasteiger partial charge is 0.465 e. The van der Waals surface area contributed by atoms with E-state index in [2.05, 4.69) is 13.8 Å². The van der Waals surface area contributed by atoms with Gasteiger partial charge in [0.1, 0.15) is 0 Å². The molecule has 2 saturated carbocycles. The normalized spacial score (nSPS) is 42.3.